The smallest absolute Gasteiger partial charge is 0.308 e. The second kappa shape index (κ2) is 6.93. The molecule has 5 heteroatoms. The Labute approximate surface area is 119 Å². The van der Waals surface area contributed by atoms with E-state index in [-0.39, 0.29) is 6.54 Å². The highest BCUT2D eigenvalue weighted by Gasteiger charge is 2.19. The summed E-state index contributed by atoms with van der Waals surface area (Å²) in [5, 5.41) is 12.2. The van der Waals surface area contributed by atoms with Crippen molar-refractivity contribution in [2.75, 3.05) is 11.9 Å². The molecular formula is C15H22N2O3. The predicted octanol–water partition coefficient (Wildman–Crippen LogP) is 2.25. The normalized spacial score (nSPS) is 12.2. The third-order valence-electron chi connectivity index (χ3n) is 3.08. The largest absolute Gasteiger partial charge is 0.481 e. The van der Waals surface area contributed by atoms with Gasteiger partial charge in [-0.25, -0.2) is 0 Å². The molecule has 0 saturated carbocycles. The summed E-state index contributed by atoms with van der Waals surface area (Å²) in [5.74, 6) is -1.55. The lowest BCUT2D eigenvalue weighted by molar-refractivity contribution is -0.141. The quantitative estimate of drug-likeness (QED) is 0.713. The van der Waals surface area contributed by atoms with E-state index >= 15 is 0 Å². The van der Waals surface area contributed by atoms with Crippen LogP contribution in [-0.2, 0) is 4.79 Å². The van der Waals surface area contributed by atoms with E-state index in [4.69, 9.17) is 5.73 Å². The number of primary amides is 1. The zero-order valence-corrected chi connectivity index (χ0v) is 12.1. The number of aliphatic carboxylic acids is 1. The van der Waals surface area contributed by atoms with Gasteiger partial charge < -0.3 is 16.2 Å². The van der Waals surface area contributed by atoms with Crippen molar-refractivity contribution >= 4 is 17.6 Å². The standard InChI is InChI=1S/C15H22N2O3/c1-9(2)6-11(15(19)20)8-17-13-7-10(3)4-5-12(13)14(16)18/h4-5,7,9,11,17H,6,8H2,1-3H3,(H2,16,18)(H,19,20). The molecule has 1 atom stereocenters. The Balaban J connectivity index is 2.84. The van der Waals surface area contributed by atoms with Crippen molar-refractivity contribution in [3.63, 3.8) is 0 Å². The lowest BCUT2D eigenvalue weighted by atomic mass is 9.97. The Morgan fingerprint density at radius 2 is 2.00 bits per heavy atom. The van der Waals surface area contributed by atoms with Gasteiger partial charge in [-0.05, 0) is 37.0 Å². The molecule has 0 bridgehead atoms. The van der Waals surface area contributed by atoms with Crippen LogP contribution < -0.4 is 11.1 Å². The number of carbonyl (C=O) groups excluding carboxylic acids is 1. The topological polar surface area (TPSA) is 92.4 Å². The molecule has 4 N–H and O–H groups in total. The van der Waals surface area contributed by atoms with Crippen LogP contribution in [0.25, 0.3) is 0 Å². The first kappa shape index (κ1) is 16.0. The number of benzene rings is 1. The molecule has 110 valence electrons. The number of hydrogen-bond donors (Lipinski definition) is 3. The summed E-state index contributed by atoms with van der Waals surface area (Å²) in [6.45, 7) is 6.14. The summed E-state index contributed by atoms with van der Waals surface area (Å²) in [7, 11) is 0. The highest BCUT2D eigenvalue weighted by Crippen LogP contribution is 2.19. The Hall–Kier alpha value is -2.04. The fourth-order valence-corrected chi connectivity index (χ4v) is 2.09. The third kappa shape index (κ3) is 4.57. The molecule has 0 radical (unpaired) electrons. The van der Waals surface area contributed by atoms with E-state index < -0.39 is 17.8 Å². The van der Waals surface area contributed by atoms with Crippen molar-refractivity contribution in [2.45, 2.75) is 27.2 Å². The van der Waals surface area contributed by atoms with Crippen molar-refractivity contribution in [2.24, 2.45) is 17.6 Å². The van der Waals surface area contributed by atoms with Gasteiger partial charge in [-0.3, -0.25) is 9.59 Å². The number of carboxylic acid groups (broad SMARTS) is 1. The second-order valence-corrected chi connectivity index (χ2v) is 5.46. The number of amides is 1. The number of carboxylic acids is 1. The van der Waals surface area contributed by atoms with E-state index in [1.807, 2.05) is 20.8 Å². The van der Waals surface area contributed by atoms with Gasteiger partial charge in [0.1, 0.15) is 0 Å². The first-order valence-corrected chi connectivity index (χ1v) is 6.68. The molecule has 0 aliphatic carbocycles. The van der Waals surface area contributed by atoms with Crippen LogP contribution in [0, 0.1) is 18.8 Å². The molecule has 1 amide bonds. The SMILES string of the molecule is Cc1ccc(C(N)=O)c(NCC(CC(C)C)C(=O)O)c1. The lowest BCUT2D eigenvalue weighted by Gasteiger charge is -2.17. The molecule has 1 rings (SSSR count). The molecule has 1 unspecified atom stereocenters. The Morgan fingerprint density at radius 1 is 1.35 bits per heavy atom. The van der Waals surface area contributed by atoms with Gasteiger partial charge in [0.05, 0.1) is 11.5 Å². The van der Waals surface area contributed by atoms with Crippen molar-refractivity contribution in [3.8, 4) is 0 Å². The lowest BCUT2D eigenvalue weighted by Crippen LogP contribution is -2.25. The Bertz CT molecular complexity index is 498. The predicted molar refractivity (Wildman–Crippen MR) is 78.8 cm³/mol. The average molecular weight is 278 g/mol. The molecular weight excluding hydrogens is 256 g/mol. The van der Waals surface area contributed by atoms with Crippen molar-refractivity contribution < 1.29 is 14.7 Å². The van der Waals surface area contributed by atoms with Gasteiger partial charge in [0.25, 0.3) is 5.91 Å². The zero-order valence-electron chi connectivity index (χ0n) is 12.1. The van der Waals surface area contributed by atoms with Crippen LogP contribution in [0.4, 0.5) is 5.69 Å². The van der Waals surface area contributed by atoms with E-state index in [0.29, 0.717) is 23.6 Å². The number of anilines is 1. The number of rotatable bonds is 7. The summed E-state index contributed by atoms with van der Waals surface area (Å²) in [6, 6.07) is 5.25. The second-order valence-electron chi connectivity index (χ2n) is 5.46. The molecule has 0 aliphatic rings. The fraction of sp³-hybridized carbons (Fsp3) is 0.467. The minimum atomic E-state index is -0.834. The number of carbonyl (C=O) groups is 2. The highest BCUT2D eigenvalue weighted by atomic mass is 16.4. The maximum atomic E-state index is 11.4. The van der Waals surface area contributed by atoms with Gasteiger partial charge in [-0.15, -0.1) is 0 Å². The van der Waals surface area contributed by atoms with E-state index in [2.05, 4.69) is 5.32 Å². The van der Waals surface area contributed by atoms with Crippen LogP contribution in [0.1, 0.15) is 36.2 Å². The van der Waals surface area contributed by atoms with E-state index in [0.717, 1.165) is 5.56 Å². The molecule has 0 saturated heterocycles. The first-order chi connectivity index (χ1) is 9.31. The van der Waals surface area contributed by atoms with Crippen LogP contribution in [0.15, 0.2) is 18.2 Å². The number of nitrogens with one attached hydrogen (secondary N) is 1. The van der Waals surface area contributed by atoms with E-state index in [1.54, 1.807) is 18.2 Å². The molecule has 0 heterocycles. The van der Waals surface area contributed by atoms with Gasteiger partial charge in [0.15, 0.2) is 0 Å². The molecule has 1 aromatic carbocycles. The summed E-state index contributed by atoms with van der Waals surface area (Å²) >= 11 is 0. The first-order valence-electron chi connectivity index (χ1n) is 6.68. The van der Waals surface area contributed by atoms with Crippen LogP contribution in [-0.4, -0.2) is 23.5 Å². The van der Waals surface area contributed by atoms with Gasteiger partial charge >= 0.3 is 5.97 Å². The third-order valence-corrected chi connectivity index (χ3v) is 3.08. The maximum absolute atomic E-state index is 11.4. The molecule has 0 aliphatic heterocycles. The van der Waals surface area contributed by atoms with Crippen LogP contribution in [0.5, 0.6) is 0 Å². The Morgan fingerprint density at radius 3 is 2.50 bits per heavy atom. The molecule has 1 aromatic rings. The van der Waals surface area contributed by atoms with Gasteiger partial charge in [-0.2, -0.15) is 0 Å². The minimum Gasteiger partial charge on any atom is -0.481 e. The fourth-order valence-electron chi connectivity index (χ4n) is 2.09. The maximum Gasteiger partial charge on any atom is 0.308 e. The monoisotopic (exact) mass is 278 g/mol. The van der Waals surface area contributed by atoms with Gasteiger partial charge in [0.2, 0.25) is 0 Å². The van der Waals surface area contributed by atoms with Crippen molar-refractivity contribution in [1.82, 2.24) is 0 Å². The molecule has 0 fully saturated rings. The van der Waals surface area contributed by atoms with Crippen LogP contribution in [0.2, 0.25) is 0 Å². The summed E-state index contributed by atoms with van der Waals surface area (Å²) in [4.78, 5) is 22.6. The molecule has 0 spiro atoms. The average Bonchev–Trinajstić information content (AvgIpc) is 2.33. The van der Waals surface area contributed by atoms with Crippen molar-refractivity contribution in [1.29, 1.82) is 0 Å². The molecule has 5 nitrogen and oxygen atoms in total. The zero-order chi connectivity index (χ0) is 15.3. The Kier molecular flexibility index (Phi) is 5.55. The number of hydrogen-bond acceptors (Lipinski definition) is 3. The van der Waals surface area contributed by atoms with Crippen LogP contribution >= 0.6 is 0 Å². The summed E-state index contributed by atoms with van der Waals surface area (Å²) in [6.07, 6.45) is 0.583. The highest BCUT2D eigenvalue weighted by molar-refractivity contribution is 5.98. The van der Waals surface area contributed by atoms with Crippen molar-refractivity contribution in [3.05, 3.63) is 29.3 Å². The van der Waals surface area contributed by atoms with Crippen LogP contribution in [0.3, 0.4) is 0 Å². The van der Waals surface area contributed by atoms with E-state index in [1.165, 1.54) is 0 Å². The van der Waals surface area contributed by atoms with Gasteiger partial charge in [0, 0.05) is 12.2 Å². The number of nitrogens with two attached hydrogens (primary N) is 1. The molecule has 20 heavy (non-hydrogen) atoms. The number of aryl methyl sites for hydroxylation is 1. The molecule has 0 aromatic heterocycles. The van der Waals surface area contributed by atoms with Gasteiger partial charge in [-0.1, -0.05) is 19.9 Å². The minimum absolute atomic E-state index is 0.275. The van der Waals surface area contributed by atoms with E-state index in [9.17, 15) is 14.7 Å². The summed E-state index contributed by atoms with van der Waals surface area (Å²) < 4.78 is 0. The summed E-state index contributed by atoms with van der Waals surface area (Å²) in [5.41, 5.74) is 7.27.